The van der Waals surface area contributed by atoms with Crippen LogP contribution in [-0.2, 0) is 20.7 Å². The summed E-state index contributed by atoms with van der Waals surface area (Å²) in [4.78, 5) is 26.9. The van der Waals surface area contributed by atoms with Gasteiger partial charge in [-0.15, -0.1) is 11.3 Å². The average Bonchev–Trinajstić information content (AvgIpc) is 2.62. The Bertz CT molecular complexity index is 415. The summed E-state index contributed by atoms with van der Waals surface area (Å²) in [5.41, 5.74) is 0.764. The molecule has 0 radical (unpaired) electrons. The quantitative estimate of drug-likeness (QED) is 0.794. The number of thiazole rings is 1. The number of nitrogens with one attached hydrogen (secondary N) is 1. The van der Waals surface area contributed by atoms with Gasteiger partial charge in [-0.05, 0) is 20.8 Å². The van der Waals surface area contributed by atoms with Crippen LogP contribution in [0.5, 0.6) is 0 Å². The van der Waals surface area contributed by atoms with Crippen LogP contribution in [0, 0.1) is 6.92 Å². The Labute approximate surface area is 111 Å². The molecule has 0 fully saturated rings. The first kappa shape index (κ1) is 14.6. The highest BCUT2D eigenvalue weighted by Crippen LogP contribution is 2.08. The van der Waals surface area contributed by atoms with Gasteiger partial charge < -0.3 is 10.1 Å². The number of carbonyl (C=O) groups excluding carboxylic acids is 2. The summed E-state index contributed by atoms with van der Waals surface area (Å²) >= 11 is 1.52. The standard InChI is InChI=1S/C12H18N2O3S/c1-8(2)17-12(16)4-5-13-11(15)6-10-7-18-9(3)14-10/h7-8H,4-6H2,1-3H3,(H,13,15). The van der Waals surface area contributed by atoms with Crippen molar-refractivity contribution in [3.05, 3.63) is 16.1 Å². The van der Waals surface area contributed by atoms with E-state index >= 15 is 0 Å². The van der Waals surface area contributed by atoms with E-state index in [1.54, 1.807) is 13.8 Å². The molecule has 0 unspecified atom stereocenters. The van der Waals surface area contributed by atoms with Crippen molar-refractivity contribution in [2.45, 2.75) is 39.7 Å². The van der Waals surface area contributed by atoms with Crippen molar-refractivity contribution in [3.63, 3.8) is 0 Å². The summed E-state index contributed by atoms with van der Waals surface area (Å²) < 4.78 is 4.95. The van der Waals surface area contributed by atoms with Crippen molar-refractivity contribution in [2.24, 2.45) is 0 Å². The van der Waals surface area contributed by atoms with Crippen molar-refractivity contribution < 1.29 is 14.3 Å². The van der Waals surface area contributed by atoms with E-state index in [1.165, 1.54) is 11.3 Å². The fourth-order valence-corrected chi connectivity index (χ4v) is 1.95. The number of carbonyl (C=O) groups is 2. The number of aryl methyl sites for hydroxylation is 1. The third kappa shape index (κ3) is 5.77. The Morgan fingerprint density at radius 2 is 2.22 bits per heavy atom. The number of nitrogens with zero attached hydrogens (tertiary/aromatic N) is 1. The van der Waals surface area contributed by atoms with E-state index < -0.39 is 0 Å². The van der Waals surface area contributed by atoms with Crippen molar-refractivity contribution in [1.82, 2.24) is 10.3 Å². The van der Waals surface area contributed by atoms with Gasteiger partial charge >= 0.3 is 5.97 Å². The van der Waals surface area contributed by atoms with Crippen LogP contribution in [0.3, 0.4) is 0 Å². The third-order valence-corrected chi connectivity index (χ3v) is 2.85. The second-order valence-corrected chi connectivity index (χ2v) is 5.24. The summed E-state index contributed by atoms with van der Waals surface area (Å²) in [5.74, 6) is -0.424. The molecule has 0 aliphatic heterocycles. The van der Waals surface area contributed by atoms with Crippen LogP contribution in [0.1, 0.15) is 31.0 Å². The predicted octanol–water partition coefficient (Wildman–Crippen LogP) is 1.45. The van der Waals surface area contributed by atoms with E-state index in [0.29, 0.717) is 6.54 Å². The summed E-state index contributed by atoms with van der Waals surface area (Å²) in [6.45, 7) is 5.78. The molecular formula is C12H18N2O3S. The molecule has 100 valence electrons. The fraction of sp³-hybridized carbons (Fsp3) is 0.583. The first-order valence-electron chi connectivity index (χ1n) is 5.84. The molecular weight excluding hydrogens is 252 g/mol. The van der Waals surface area contributed by atoms with E-state index in [0.717, 1.165) is 10.7 Å². The van der Waals surface area contributed by atoms with Gasteiger partial charge in [-0.3, -0.25) is 9.59 Å². The lowest BCUT2D eigenvalue weighted by Gasteiger charge is -2.08. The molecule has 0 aromatic carbocycles. The van der Waals surface area contributed by atoms with Crippen LogP contribution in [0.25, 0.3) is 0 Å². The van der Waals surface area contributed by atoms with Crippen LogP contribution < -0.4 is 5.32 Å². The second-order valence-electron chi connectivity index (χ2n) is 4.17. The zero-order valence-electron chi connectivity index (χ0n) is 10.9. The highest BCUT2D eigenvalue weighted by Gasteiger charge is 2.08. The molecule has 0 atom stereocenters. The first-order chi connectivity index (χ1) is 8.47. The van der Waals surface area contributed by atoms with E-state index in [1.807, 2.05) is 12.3 Å². The van der Waals surface area contributed by atoms with Crippen LogP contribution in [0.15, 0.2) is 5.38 Å². The maximum absolute atomic E-state index is 11.5. The molecule has 0 bridgehead atoms. The molecule has 0 aliphatic rings. The van der Waals surface area contributed by atoms with E-state index in [-0.39, 0.29) is 30.8 Å². The Morgan fingerprint density at radius 1 is 1.50 bits per heavy atom. The van der Waals surface area contributed by atoms with Crippen LogP contribution in [0.4, 0.5) is 0 Å². The number of hydrogen-bond acceptors (Lipinski definition) is 5. The Kier molecular flexibility index (Phi) is 5.77. The molecule has 0 aliphatic carbocycles. The van der Waals surface area contributed by atoms with Gasteiger partial charge in [0.15, 0.2) is 0 Å². The average molecular weight is 270 g/mol. The topological polar surface area (TPSA) is 68.3 Å². The normalized spacial score (nSPS) is 10.4. The second kappa shape index (κ2) is 7.10. The molecule has 6 heteroatoms. The van der Waals surface area contributed by atoms with E-state index in [4.69, 9.17) is 4.74 Å². The highest BCUT2D eigenvalue weighted by atomic mass is 32.1. The largest absolute Gasteiger partial charge is 0.463 e. The number of aromatic nitrogens is 1. The molecule has 5 nitrogen and oxygen atoms in total. The first-order valence-corrected chi connectivity index (χ1v) is 6.72. The predicted molar refractivity (Wildman–Crippen MR) is 69.4 cm³/mol. The van der Waals surface area contributed by atoms with Crippen molar-refractivity contribution in [1.29, 1.82) is 0 Å². The third-order valence-electron chi connectivity index (χ3n) is 2.03. The Morgan fingerprint density at radius 3 is 2.78 bits per heavy atom. The summed E-state index contributed by atoms with van der Waals surface area (Å²) in [7, 11) is 0. The molecule has 1 N–H and O–H groups in total. The van der Waals surface area contributed by atoms with Crippen LogP contribution in [0.2, 0.25) is 0 Å². The summed E-state index contributed by atoms with van der Waals surface area (Å²) in [6, 6.07) is 0. The zero-order chi connectivity index (χ0) is 13.5. The van der Waals surface area contributed by atoms with Gasteiger partial charge in [0.05, 0.1) is 29.6 Å². The molecule has 1 amide bonds. The molecule has 0 spiro atoms. The lowest BCUT2D eigenvalue weighted by atomic mass is 10.3. The Balaban J connectivity index is 2.19. The van der Waals surface area contributed by atoms with E-state index in [2.05, 4.69) is 10.3 Å². The number of rotatable bonds is 6. The smallest absolute Gasteiger partial charge is 0.307 e. The molecule has 1 heterocycles. The maximum Gasteiger partial charge on any atom is 0.307 e. The number of ether oxygens (including phenoxy) is 1. The summed E-state index contributed by atoms with van der Waals surface area (Å²) in [5, 5.41) is 5.48. The minimum absolute atomic E-state index is 0.119. The van der Waals surface area contributed by atoms with Gasteiger partial charge in [-0.25, -0.2) is 4.98 Å². The van der Waals surface area contributed by atoms with Gasteiger partial charge in [-0.2, -0.15) is 0 Å². The minimum atomic E-state index is -0.296. The number of esters is 1. The Hall–Kier alpha value is -1.43. The molecule has 1 rings (SSSR count). The fourth-order valence-electron chi connectivity index (χ4n) is 1.34. The SMILES string of the molecule is Cc1nc(CC(=O)NCCC(=O)OC(C)C)cs1. The van der Waals surface area contributed by atoms with Crippen LogP contribution >= 0.6 is 11.3 Å². The lowest BCUT2D eigenvalue weighted by Crippen LogP contribution is -2.28. The van der Waals surface area contributed by atoms with Gasteiger partial charge in [0, 0.05) is 11.9 Å². The molecule has 0 saturated heterocycles. The van der Waals surface area contributed by atoms with Crippen molar-refractivity contribution >= 4 is 23.2 Å². The number of hydrogen-bond donors (Lipinski definition) is 1. The monoisotopic (exact) mass is 270 g/mol. The van der Waals surface area contributed by atoms with Gasteiger partial charge in [0.1, 0.15) is 0 Å². The molecule has 18 heavy (non-hydrogen) atoms. The van der Waals surface area contributed by atoms with Gasteiger partial charge in [0.25, 0.3) is 0 Å². The molecule has 0 saturated carbocycles. The maximum atomic E-state index is 11.5. The molecule has 1 aromatic heterocycles. The van der Waals surface area contributed by atoms with Crippen molar-refractivity contribution in [3.8, 4) is 0 Å². The number of amides is 1. The van der Waals surface area contributed by atoms with Gasteiger partial charge in [-0.1, -0.05) is 0 Å². The lowest BCUT2D eigenvalue weighted by molar-refractivity contribution is -0.147. The zero-order valence-corrected chi connectivity index (χ0v) is 11.7. The van der Waals surface area contributed by atoms with E-state index in [9.17, 15) is 9.59 Å². The molecule has 1 aromatic rings. The van der Waals surface area contributed by atoms with Crippen molar-refractivity contribution in [2.75, 3.05) is 6.54 Å². The minimum Gasteiger partial charge on any atom is -0.463 e. The van der Waals surface area contributed by atoms with Crippen LogP contribution in [-0.4, -0.2) is 29.5 Å². The van der Waals surface area contributed by atoms with Gasteiger partial charge in [0.2, 0.25) is 5.91 Å². The highest BCUT2D eigenvalue weighted by molar-refractivity contribution is 7.09. The summed E-state index contributed by atoms with van der Waals surface area (Å²) in [6.07, 6.45) is 0.329.